The summed E-state index contributed by atoms with van der Waals surface area (Å²) >= 11 is 0. The molecule has 0 aromatic heterocycles. The molecule has 1 heterocycles. The van der Waals surface area contributed by atoms with Gasteiger partial charge in [0, 0.05) is 5.54 Å². The molecule has 20 heavy (non-hydrogen) atoms. The van der Waals surface area contributed by atoms with E-state index in [9.17, 15) is 9.90 Å². The predicted octanol–water partition coefficient (Wildman–Crippen LogP) is 2.30. The molecule has 2 rings (SSSR count). The topological polar surface area (TPSA) is 46.5 Å². The lowest BCUT2D eigenvalue weighted by Gasteiger charge is -2.36. The van der Waals surface area contributed by atoms with Crippen LogP contribution in [0.3, 0.4) is 0 Å². The first-order valence-electron chi connectivity index (χ1n) is 7.33. The number of hydrogen-bond donors (Lipinski definition) is 1. The minimum atomic E-state index is -1.90. The lowest BCUT2D eigenvalue weighted by atomic mass is 10.0. The molecule has 1 aromatic rings. The third kappa shape index (κ3) is 2.54. The van der Waals surface area contributed by atoms with Crippen LogP contribution >= 0.6 is 0 Å². The van der Waals surface area contributed by atoms with Crippen LogP contribution in [0.15, 0.2) is 30.3 Å². The lowest BCUT2D eigenvalue weighted by molar-refractivity contribution is -0.147. The van der Waals surface area contributed by atoms with E-state index in [2.05, 4.69) is 25.2 Å². The summed E-state index contributed by atoms with van der Waals surface area (Å²) < 4.78 is 5.49. The van der Waals surface area contributed by atoms with Gasteiger partial charge in [0.1, 0.15) is 6.10 Å². The number of aliphatic hydroxyl groups is 1. The molecule has 110 valence electrons. The molecule has 0 unspecified atom stereocenters. The third-order valence-corrected chi connectivity index (χ3v) is 8.98. The first kappa shape index (κ1) is 15.3. The number of esters is 1. The maximum atomic E-state index is 12.0. The van der Waals surface area contributed by atoms with Crippen molar-refractivity contribution in [1.29, 1.82) is 0 Å². The summed E-state index contributed by atoms with van der Waals surface area (Å²) in [5.74, 6) is -0.299. The molecule has 1 fully saturated rings. The van der Waals surface area contributed by atoms with Crippen LogP contribution in [-0.2, 0) is 9.53 Å². The number of carbonyl (C=O) groups excluding carboxylic acids is 1. The van der Waals surface area contributed by atoms with Gasteiger partial charge in [-0.25, -0.2) is 0 Å². The van der Waals surface area contributed by atoms with Crippen molar-refractivity contribution in [2.24, 2.45) is 5.92 Å². The standard InChI is InChI=1S/C16H24O3Si/c1-5-13(17)14-15(11(2)16(18)19-14)20(3,4)12-9-7-6-8-10-12/h6-11,13-15,17H,5H2,1-4H3/t11-,13+,14-,15+/m0/s1. The summed E-state index contributed by atoms with van der Waals surface area (Å²) in [7, 11) is -1.90. The molecular weight excluding hydrogens is 268 g/mol. The molecule has 0 spiro atoms. The summed E-state index contributed by atoms with van der Waals surface area (Å²) in [5, 5.41) is 11.5. The molecule has 1 aliphatic heterocycles. The zero-order valence-corrected chi connectivity index (χ0v) is 13.7. The number of benzene rings is 1. The molecule has 0 radical (unpaired) electrons. The zero-order chi connectivity index (χ0) is 14.9. The Bertz CT molecular complexity index is 472. The van der Waals surface area contributed by atoms with E-state index < -0.39 is 14.2 Å². The number of aliphatic hydroxyl groups excluding tert-OH is 1. The maximum absolute atomic E-state index is 12.0. The van der Waals surface area contributed by atoms with Gasteiger partial charge in [0.25, 0.3) is 0 Å². The average Bonchev–Trinajstić information content (AvgIpc) is 2.75. The number of cyclic esters (lactones) is 1. The van der Waals surface area contributed by atoms with Crippen molar-refractivity contribution >= 4 is 19.2 Å². The molecule has 1 N–H and O–H groups in total. The monoisotopic (exact) mass is 292 g/mol. The van der Waals surface area contributed by atoms with Gasteiger partial charge in [0.05, 0.1) is 20.1 Å². The van der Waals surface area contributed by atoms with Gasteiger partial charge >= 0.3 is 5.97 Å². The van der Waals surface area contributed by atoms with Crippen molar-refractivity contribution in [3.05, 3.63) is 30.3 Å². The molecule has 0 bridgehead atoms. The smallest absolute Gasteiger partial charge is 0.309 e. The van der Waals surface area contributed by atoms with Crippen molar-refractivity contribution in [3.63, 3.8) is 0 Å². The van der Waals surface area contributed by atoms with E-state index in [1.807, 2.05) is 32.0 Å². The molecule has 4 atom stereocenters. The maximum Gasteiger partial charge on any atom is 0.309 e. The van der Waals surface area contributed by atoms with Gasteiger partial charge in [-0.2, -0.15) is 0 Å². The Kier molecular flexibility index (Phi) is 4.35. The van der Waals surface area contributed by atoms with Crippen LogP contribution < -0.4 is 5.19 Å². The molecule has 3 nitrogen and oxygen atoms in total. The highest BCUT2D eigenvalue weighted by molar-refractivity contribution is 6.91. The molecule has 1 saturated heterocycles. The van der Waals surface area contributed by atoms with Crippen molar-refractivity contribution in [3.8, 4) is 0 Å². The van der Waals surface area contributed by atoms with E-state index in [-0.39, 0.29) is 23.5 Å². The van der Waals surface area contributed by atoms with Gasteiger partial charge in [-0.05, 0) is 6.42 Å². The van der Waals surface area contributed by atoms with Gasteiger partial charge in [0.15, 0.2) is 0 Å². The molecule has 0 saturated carbocycles. The molecular formula is C16H24O3Si. The van der Waals surface area contributed by atoms with E-state index in [0.29, 0.717) is 6.42 Å². The van der Waals surface area contributed by atoms with Crippen LogP contribution in [0, 0.1) is 5.92 Å². The minimum Gasteiger partial charge on any atom is -0.459 e. The first-order chi connectivity index (χ1) is 9.39. The number of hydrogen-bond acceptors (Lipinski definition) is 3. The molecule has 0 amide bonds. The highest BCUT2D eigenvalue weighted by Crippen LogP contribution is 2.42. The predicted molar refractivity (Wildman–Crippen MR) is 82.6 cm³/mol. The Morgan fingerprint density at radius 2 is 1.90 bits per heavy atom. The van der Waals surface area contributed by atoms with Gasteiger partial charge in [-0.15, -0.1) is 0 Å². The second-order valence-corrected chi connectivity index (χ2v) is 11.0. The van der Waals surface area contributed by atoms with Crippen molar-refractivity contribution in [2.45, 2.75) is 51.1 Å². The van der Waals surface area contributed by atoms with Crippen LogP contribution in [0.5, 0.6) is 0 Å². The Labute approximate surface area is 122 Å². The van der Waals surface area contributed by atoms with E-state index in [0.717, 1.165) is 0 Å². The fourth-order valence-corrected chi connectivity index (χ4v) is 7.33. The summed E-state index contributed by atoms with van der Waals surface area (Å²) in [5.41, 5.74) is 0.118. The summed E-state index contributed by atoms with van der Waals surface area (Å²) in [4.78, 5) is 12.0. The highest BCUT2D eigenvalue weighted by Gasteiger charge is 2.53. The van der Waals surface area contributed by atoms with Crippen LogP contribution in [0.4, 0.5) is 0 Å². The quantitative estimate of drug-likeness (QED) is 0.684. The first-order valence-corrected chi connectivity index (χ1v) is 10.4. The Morgan fingerprint density at radius 3 is 2.45 bits per heavy atom. The second kappa shape index (κ2) is 5.70. The Morgan fingerprint density at radius 1 is 1.30 bits per heavy atom. The van der Waals surface area contributed by atoms with Crippen molar-refractivity contribution < 1.29 is 14.6 Å². The van der Waals surface area contributed by atoms with Crippen molar-refractivity contribution in [1.82, 2.24) is 0 Å². The fraction of sp³-hybridized carbons (Fsp3) is 0.562. The lowest BCUT2D eigenvalue weighted by Crippen LogP contribution is -2.52. The van der Waals surface area contributed by atoms with Crippen LogP contribution in [0.1, 0.15) is 20.3 Å². The van der Waals surface area contributed by atoms with E-state index in [1.165, 1.54) is 5.19 Å². The fourth-order valence-electron chi connectivity index (χ4n) is 3.39. The second-order valence-electron chi connectivity index (χ2n) is 6.28. The molecule has 4 heteroatoms. The summed E-state index contributed by atoms with van der Waals surface area (Å²) in [6.07, 6.45) is -0.311. The Hall–Kier alpha value is -1.13. The van der Waals surface area contributed by atoms with E-state index in [4.69, 9.17) is 4.74 Å². The van der Waals surface area contributed by atoms with Gasteiger partial charge in [0.2, 0.25) is 0 Å². The van der Waals surface area contributed by atoms with E-state index >= 15 is 0 Å². The minimum absolute atomic E-state index is 0.118. The van der Waals surface area contributed by atoms with Crippen molar-refractivity contribution in [2.75, 3.05) is 0 Å². The molecule has 1 aliphatic rings. The van der Waals surface area contributed by atoms with Crippen LogP contribution in [0.2, 0.25) is 18.6 Å². The number of carbonyl (C=O) groups is 1. The molecule has 0 aliphatic carbocycles. The van der Waals surface area contributed by atoms with E-state index in [1.54, 1.807) is 0 Å². The summed E-state index contributed by atoms with van der Waals surface area (Å²) in [6.45, 7) is 8.39. The highest BCUT2D eigenvalue weighted by atomic mass is 28.3. The van der Waals surface area contributed by atoms with Gasteiger partial charge in [-0.3, -0.25) is 4.79 Å². The third-order valence-electron chi connectivity index (χ3n) is 4.67. The summed E-state index contributed by atoms with van der Waals surface area (Å²) in [6, 6.07) is 10.4. The Balaban J connectivity index is 2.39. The zero-order valence-electron chi connectivity index (χ0n) is 12.7. The normalized spacial score (nSPS) is 28.2. The molecule has 1 aromatic carbocycles. The largest absolute Gasteiger partial charge is 0.459 e. The SMILES string of the molecule is CC[C@@H](O)[C@@H]1OC(=O)[C@@H](C)[C@H]1[Si](C)(C)c1ccccc1. The van der Waals surface area contributed by atoms with Crippen LogP contribution in [-0.4, -0.2) is 31.4 Å². The van der Waals surface area contributed by atoms with Gasteiger partial charge < -0.3 is 9.84 Å². The average molecular weight is 292 g/mol. The number of ether oxygens (including phenoxy) is 1. The van der Waals surface area contributed by atoms with Gasteiger partial charge in [-0.1, -0.05) is 62.5 Å². The van der Waals surface area contributed by atoms with Crippen LogP contribution in [0.25, 0.3) is 0 Å². The number of rotatable bonds is 4.